The van der Waals surface area contributed by atoms with E-state index in [0.29, 0.717) is 6.54 Å². The fourth-order valence-electron chi connectivity index (χ4n) is 2.93. The monoisotopic (exact) mass is 353 g/mol. The van der Waals surface area contributed by atoms with Gasteiger partial charge in [0.05, 0.1) is 12.1 Å². The number of fused-ring (bicyclic) bond motifs is 1. The Bertz CT molecular complexity index is 918. The first-order valence-corrected chi connectivity index (χ1v) is 8.23. The van der Waals surface area contributed by atoms with E-state index >= 15 is 0 Å². The van der Waals surface area contributed by atoms with Gasteiger partial charge in [-0.1, -0.05) is 30.3 Å². The molecule has 0 saturated carbocycles. The molecule has 0 fully saturated rings. The molecular formula is C18H16FN5O2. The highest BCUT2D eigenvalue weighted by Gasteiger charge is 2.23. The third-order valence-electron chi connectivity index (χ3n) is 4.18. The van der Waals surface area contributed by atoms with E-state index in [9.17, 15) is 9.18 Å². The minimum Gasteiger partial charge on any atom is -0.488 e. The van der Waals surface area contributed by atoms with Gasteiger partial charge < -0.3 is 10.1 Å². The van der Waals surface area contributed by atoms with Gasteiger partial charge in [0.15, 0.2) is 5.82 Å². The van der Waals surface area contributed by atoms with Crippen molar-refractivity contribution in [1.82, 2.24) is 25.5 Å². The zero-order valence-electron chi connectivity index (χ0n) is 13.8. The number of amides is 1. The standard InChI is InChI=1S/C18H16FN5O2/c19-15-7-3-2-6-14(15)18-21-22-23-24(18)11-17(25)20-10-13-9-12-5-1-4-8-16(12)26-13/h1-8,13H,9-11H2,(H,20,25)/t13-/m1/s1. The van der Waals surface area contributed by atoms with Gasteiger partial charge in [0.2, 0.25) is 5.91 Å². The summed E-state index contributed by atoms with van der Waals surface area (Å²) in [5, 5.41) is 14.0. The molecule has 3 aromatic rings. The largest absolute Gasteiger partial charge is 0.488 e. The number of para-hydroxylation sites is 1. The lowest BCUT2D eigenvalue weighted by Gasteiger charge is -2.12. The number of halogens is 1. The number of aromatic nitrogens is 4. The smallest absolute Gasteiger partial charge is 0.242 e. The first-order valence-electron chi connectivity index (χ1n) is 8.23. The number of rotatable bonds is 5. The maximum Gasteiger partial charge on any atom is 0.242 e. The number of carbonyl (C=O) groups excluding carboxylic acids is 1. The number of nitrogens with one attached hydrogen (secondary N) is 1. The van der Waals surface area contributed by atoms with Crippen LogP contribution in [0.15, 0.2) is 48.5 Å². The van der Waals surface area contributed by atoms with Crippen LogP contribution in [0.25, 0.3) is 11.4 Å². The van der Waals surface area contributed by atoms with Crippen molar-refractivity contribution in [2.24, 2.45) is 0 Å². The SMILES string of the molecule is O=C(Cn1nnnc1-c1ccccc1F)NC[C@H]1Cc2ccccc2O1. The van der Waals surface area contributed by atoms with Crippen LogP contribution in [0.3, 0.4) is 0 Å². The molecule has 0 bridgehead atoms. The van der Waals surface area contributed by atoms with Gasteiger partial charge in [-0.2, -0.15) is 0 Å². The summed E-state index contributed by atoms with van der Waals surface area (Å²) in [6, 6.07) is 14.0. The van der Waals surface area contributed by atoms with E-state index in [1.165, 1.54) is 10.7 Å². The molecule has 0 aliphatic carbocycles. The maximum absolute atomic E-state index is 13.9. The van der Waals surface area contributed by atoms with Crippen molar-refractivity contribution in [2.45, 2.75) is 19.1 Å². The quantitative estimate of drug-likeness (QED) is 0.753. The second-order valence-corrected chi connectivity index (χ2v) is 6.00. The third-order valence-corrected chi connectivity index (χ3v) is 4.18. The van der Waals surface area contributed by atoms with Crippen LogP contribution in [0, 0.1) is 5.82 Å². The summed E-state index contributed by atoms with van der Waals surface area (Å²) in [6.45, 7) is 0.279. The van der Waals surface area contributed by atoms with Gasteiger partial charge in [-0.05, 0) is 34.2 Å². The Hall–Kier alpha value is -3.29. The van der Waals surface area contributed by atoms with Crippen molar-refractivity contribution in [3.8, 4) is 17.1 Å². The topological polar surface area (TPSA) is 81.9 Å². The predicted octanol–water partition coefficient (Wildman–Crippen LogP) is 1.60. The minimum atomic E-state index is -0.443. The molecule has 7 nitrogen and oxygen atoms in total. The highest BCUT2D eigenvalue weighted by Crippen LogP contribution is 2.27. The second-order valence-electron chi connectivity index (χ2n) is 6.00. The van der Waals surface area contributed by atoms with E-state index in [2.05, 4.69) is 20.8 Å². The Labute approximate surface area is 148 Å². The molecular weight excluding hydrogens is 337 g/mol. The molecule has 1 atom stereocenters. The summed E-state index contributed by atoms with van der Waals surface area (Å²) in [5.41, 5.74) is 1.38. The average molecular weight is 353 g/mol. The third kappa shape index (κ3) is 3.26. The summed E-state index contributed by atoms with van der Waals surface area (Å²) >= 11 is 0. The summed E-state index contributed by atoms with van der Waals surface area (Å²) < 4.78 is 21.0. The summed E-state index contributed by atoms with van der Waals surface area (Å²) in [7, 11) is 0. The molecule has 0 radical (unpaired) electrons. The van der Waals surface area contributed by atoms with Gasteiger partial charge in [-0.3, -0.25) is 4.79 Å². The first-order chi connectivity index (χ1) is 12.7. The summed E-state index contributed by atoms with van der Waals surface area (Å²) in [5.74, 6) is 0.354. The number of benzene rings is 2. The molecule has 1 aromatic heterocycles. The lowest BCUT2D eigenvalue weighted by atomic mass is 10.1. The van der Waals surface area contributed by atoms with E-state index in [1.807, 2.05) is 24.3 Å². The number of hydrogen-bond donors (Lipinski definition) is 1. The van der Waals surface area contributed by atoms with Crippen LogP contribution in [0.2, 0.25) is 0 Å². The van der Waals surface area contributed by atoms with Crippen LogP contribution >= 0.6 is 0 Å². The van der Waals surface area contributed by atoms with E-state index in [1.54, 1.807) is 18.2 Å². The van der Waals surface area contributed by atoms with E-state index < -0.39 is 5.82 Å². The average Bonchev–Trinajstić information content (AvgIpc) is 3.26. The van der Waals surface area contributed by atoms with Crippen molar-refractivity contribution < 1.29 is 13.9 Å². The van der Waals surface area contributed by atoms with Crippen LogP contribution < -0.4 is 10.1 Å². The van der Waals surface area contributed by atoms with Crippen LogP contribution in [0.1, 0.15) is 5.56 Å². The molecule has 8 heteroatoms. The van der Waals surface area contributed by atoms with Crippen molar-refractivity contribution in [1.29, 1.82) is 0 Å². The molecule has 1 aliphatic rings. The Morgan fingerprint density at radius 2 is 2.04 bits per heavy atom. The first kappa shape index (κ1) is 16.2. The second kappa shape index (κ2) is 6.91. The number of nitrogens with zero attached hydrogens (tertiary/aromatic N) is 4. The number of carbonyl (C=O) groups is 1. The number of hydrogen-bond acceptors (Lipinski definition) is 5. The van der Waals surface area contributed by atoms with Crippen LogP contribution in [0.4, 0.5) is 4.39 Å². The Morgan fingerprint density at radius 1 is 1.23 bits per heavy atom. The van der Waals surface area contributed by atoms with Crippen LogP contribution in [-0.2, 0) is 17.8 Å². The molecule has 132 valence electrons. The lowest BCUT2D eigenvalue weighted by Crippen LogP contribution is -2.36. The molecule has 4 rings (SSSR count). The molecule has 2 aromatic carbocycles. The molecule has 0 unspecified atom stereocenters. The van der Waals surface area contributed by atoms with Gasteiger partial charge in [0.25, 0.3) is 0 Å². The van der Waals surface area contributed by atoms with Crippen molar-refractivity contribution >= 4 is 5.91 Å². The van der Waals surface area contributed by atoms with Gasteiger partial charge in [-0.25, -0.2) is 9.07 Å². The number of tetrazole rings is 1. The fraction of sp³-hybridized carbons (Fsp3) is 0.222. The zero-order chi connectivity index (χ0) is 17.9. The Morgan fingerprint density at radius 3 is 2.88 bits per heavy atom. The van der Waals surface area contributed by atoms with Gasteiger partial charge in [-0.15, -0.1) is 5.10 Å². The van der Waals surface area contributed by atoms with Crippen LogP contribution in [0.5, 0.6) is 5.75 Å². The normalized spacial score (nSPS) is 15.3. The van der Waals surface area contributed by atoms with E-state index in [-0.39, 0.29) is 29.9 Å². The highest BCUT2D eigenvalue weighted by molar-refractivity contribution is 5.76. The predicted molar refractivity (Wildman–Crippen MR) is 90.8 cm³/mol. The summed E-state index contributed by atoms with van der Waals surface area (Å²) in [4.78, 5) is 12.2. The van der Waals surface area contributed by atoms with Gasteiger partial charge in [0, 0.05) is 6.42 Å². The molecule has 26 heavy (non-hydrogen) atoms. The van der Waals surface area contributed by atoms with E-state index in [4.69, 9.17) is 4.74 Å². The van der Waals surface area contributed by atoms with Crippen LogP contribution in [-0.4, -0.2) is 38.8 Å². The van der Waals surface area contributed by atoms with E-state index in [0.717, 1.165) is 17.7 Å². The molecule has 0 spiro atoms. The van der Waals surface area contributed by atoms with Crippen molar-refractivity contribution in [3.63, 3.8) is 0 Å². The van der Waals surface area contributed by atoms with Crippen molar-refractivity contribution in [2.75, 3.05) is 6.54 Å². The molecule has 0 saturated heterocycles. The Balaban J connectivity index is 1.37. The Kier molecular flexibility index (Phi) is 4.30. The number of ether oxygens (including phenoxy) is 1. The zero-order valence-corrected chi connectivity index (χ0v) is 13.8. The molecule has 1 N–H and O–H groups in total. The molecule has 2 heterocycles. The van der Waals surface area contributed by atoms with Crippen molar-refractivity contribution in [3.05, 3.63) is 59.9 Å². The fourth-order valence-corrected chi connectivity index (χ4v) is 2.93. The highest BCUT2D eigenvalue weighted by atomic mass is 19.1. The molecule has 1 amide bonds. The van der Waals surface area contributed by atoms with Gasteiger partial charge in [0.1, 0.15) is 24.2 Å². The maximum atomic E-state index is 13.9. The lowest BCUT2D eigenvalue weighted by molar-refractivity contribution is -0.122. The van der Waals surface area contributed by atoms with Gasteiger partial charge >= 0.3 is 0 Å². The minimum absolute atomic E-state index is 0.101. The summed E-state index contributed by atoms with van der Waals surface area (Å²) in [6.07, 6.45) is 0.651. The molecule has 1 aliphatic heterocycles.